The van der Waals surface area contributed by atoms with Crippen LogP contribution in [0.2, 0.25) is 0 Å². The van der Waals surface area contributed by atoms with Crippen molar-refractivity contribution < 1.29 is 0 Å². The number of benzene rings is 4. The molecule has 1 fully saturated rings. The Balaban J connectivity index is 1.23. The van der Waals surface area contributed by atoms with Crippen molar-refractivity contribution in [3.63, 3.8) is 0 Å². The summed E-state index contributed by atoms with van der Waals surface area (Å²) in [6.07, 6.45) is 14.7. The first-order chi connectivity index (χ1) is 22.6. The first kappa shape index (κ1) is 29.4. The van der Waals surface area contributed by atoms with Crippen LogP contribution >= 0.6 is 0 Å². The summed E-state index contributed by atoms with van der Waals surface area (Å²) in [5, 5.41) is 18.5. The van der Waals surface area contributed by atoms with Crippen molar-refractivity contribution >= 4 is 10.8 Å². The number of hydrogen-bond acceptors (Lipinski definition) is 4. The molecule has 2 aliphatic carbocycles. The Morgan fingerprint density at radius 2 is 1.41 bits per heavy atom. The van der Waals surface area contributed by atoms with Crippen molar-refractivity contribution in [1.29, 1.82) is 0 Å². The van der Waals surface area contributed by atoms with Gasteiger partial charge in [-0.25, -0.2) is 0 Å². The molecule has 234 valence electrons. The molecular formula is C42H46N4. The number of hydrogen-bond donors (Lipinski definition) is 4. The average Bonchev–Trinajstić information content (AvgIpc) is 3.11. The molecule has 4 N–H and O–H groups in total. The molecule has 0 saturated carbocycles. The van der Waals surface area contributed by atoms with Gasteiger partial charge < -0.3 is 5.32 Å². The highest BCUT2D eigenvalue weighted by atomic mass is 15.4. The fraction of sp³-hybridized carbons (Fsp3) is 0.333. The van der Waals surface area contributed by atoms with E-state index in [-0.39, 0.29) is 18.5 Å². The van der Waals surface area contributed by atoms with Gasteiger partial charge in [-0.3, -0.25) is 16.0 Å². The Hall–Kier alpha value is -3.96. The summed E-state index contributed by atoms with van der Waals surface area (Å²) in [7, 11) is 0. The van der Waals surface area contributed by atoms with E-state index in [0.717, 1.165) is 12.8 Å². The van der Waals surface area contributed by atoms with Crippen LogP contribution in [0, 0.1) is 5.92 Å². The van der Waals surface area contributed by atoms with E-state index in [1.165, 1.54) is 64.4 Å². The van der Waals surface area contributed by atoms with E-state index >= 15 is 0 Å². The summed E-state index contributed by atoms with van der Waals surface area (Å²) >= 11 is 0. The van der Waals surface area contributed by atoms with Crippen molar-refractivity contribution in [1.82, 2.24) is 21.3 Å². The van der Waals surface area contributed by atoms with Gasteiger partial charge in [0.1, 0.15) is 0 Å². The zero-order valence-corrected chi connectivity index (χ0v) is 27.1. The highest BCUT2D eigenvalue weighted by molar-refractivity contribution is 5.89. The summed E-state index contributed by atoms with van der Waals surface area (Å²) in [6.45, 7) is 4.50. The summed E-state index contributed by atoms with van der Waals surface area (Å²) < 4.78 is 0. The van der Waals surface area contributed by atoms with Crippen molar-refractivity contribution in [3.8, 4) is 0 Å². The lowest BCUT2D eigenvalue weighted by molar-refractivity contribution is 0.144. The molecule has 4 aromatic carbocycles. The van der Waals surface area contributed by atoms with Gasteiger partial charge >= 0.3 is 0 Å². The maximum absolute atomic E-state index is 4.03. The predicted octanol–water partition coefficient (Wildman–Crippen LogP) is 8.47. The molecule has 8 rings (SSSR count). The summed E-state index contributed by atoms with van der Waals surface area (Å²) in [4.78, 5) is 0. The van der Waals surface area contributed by atoms with Gasteiger partial charge in [0.25, 0.3) is 0 Å². The Morgan fingerprint density at radius 3 is 2.13 bits per heavy atom. The molecule has 0 radical (unpaired) electrons. The van der Waals surface area contributed by atoms with Gasteiger partial charge in [-0.2, -0.15) is 0 Å². The summed E-state index contributed by atoms with van der Waals surface area (Å²) in [5.41, 5.74) is 11.5. The third-order valence-electron chi connectivity index (χ3n) is 10.8. The second kappa shape index (κ2) is 12.7. The predicted molar refractivity (Wildman–Crippen MR) is 190 cm³/mol. The minimum absolute atomic E-state index is 0.0590. The SMILES string of the molecule is CC1=C(C2=CCC(C3NC(c4ccccc4)NC(c4ccccc4)N3)CC2c2c3c(cc4ccccc24)CCCC3)C=CC(C)N1. The maximum atomic E-state index is 4.03. The van der Waals surface area contributed by atoms with Gasteiger partial charge in [0.05, 0.1) is 18.5 Å². The fourth-order valence-electron chi connectivity index (χ4n) is 8.57. The number of fused-ring (bicyclic) bond motifs is 2. The van der Waals surface area contributed by atoms with Crippen molar-refractivity contribution in [2.75, 3.05) is 0 Å². The average molecular weight is 607 g/mol. The lowest BCUT2D eigenvalue weighted by atomic mass is 9.69. The minimum atomic E-state index is 0.0590. The lowest BCUT2D eigenvalue weighted by Crippen LogP contribution is -2.61. The van der Waals surface area contributed by atoms with Crippen LogP contribution in [-0.4, -0.2) is 12.2 Å². The molecule has 0 aromatic heterocycles. The smallest absolute Gasteiger partial charge is 0.0862 e. The summed E-state index contributed by atoms with van der Waals surface area (Å²) in [5.74, 6) is 0.747. The molecule has 1 saturated heterocycles. The van der Waals surface area contributed by atoms with Crippen LogP contribution in [0.25, 0.3) is 10.8 Å². The van der Waals surface area contributed by atoms with E-state index in [4.69, 9.17) is 0 Å². The maximum Gasteiger partial charge on any atom is 0.0862 e. The molecule has 4 nitrogen and oxygen atoms in total. The standard InChI is InChI=1S/C42H46N4/c1-27-21-23-34(28(2)43-27)37-24-22-33(26-38(37)39-35-19-11-9-17-31(35)25-32-18-10-12-20-36(32)39)42-45-40(29-13-5-3-6-14-29)44-41(46-42)30-15-7-4-8-16-30/h3-9,11,13-17,19,21,23-25,27,33,38,40-46H,10,12,18,20,22,26H2,1-2H3. The van der Waals surface area contributed by atoms with Gasteiger partial charge in [0.2, 0.25) is 0 Å². The van der Waals surface area contributed by atoms with Gasteiger partial charge in [-0.15, -0.1) is 0 Å². The van der Waals surface area contributed by atoms with Crippen LogP contribution in [0.1, 0.15) is 85.6 Å². The molecule has 0 bridgehead atoms. The van der Waals surface area contributed by atoms with E-state index in [2.05, 4.69) is 144 Å². The molecule has 2 aliphatic heterocycles. The Morgan fingerprint density at radius 1 is 0.739 bits per heavy atom. The molecule has 5 atom stereocenters. The normalized spacial score (nSPS) is 28.0. The van der Waals surface area contributed by atoms with Crippen LogP contribution in [0.3, 0.4) is 0 Å². The van der Waals surface area contributed by atoms with E-state index in [0.29, 0.717) is 17.9 Å². The van der Waals surface area contributed by atoms with Crippen LogP contribution in [-0.2, 0) is 12.8 Å². The van der Waals surface area contributed by atoms with Crippen molar-refractivity contribution in [2.24, 2.45) is 5.92 Å². The number of dihydropyridines is 1. The van der Waals surface area contributed by atoms with Crippen molar-refractivity contribution in [2.45, 2.75) is 82.8 Å². The second-order valence-electron chi connectivity index (χ2n) is 13.8. The van der Waals surface area contributed by atoms with Gasteiger partial charge in [0, 0.05) is 17.7 Å². The fourth-order valence-corrected chi connectivity index (χ4v) is 8.57. The third-order valence-corrected chi connectivity index (χ3v) is 10.8. The summed E-state index contributed by atoms with van der Waals surface area (Å²) in [6, 6.07) is 33.7. The van der Waals surface area contributed by atoms with E-state index in [1.54, 1.807) is 16.7 Å². The van der Waals surface area contributed by atoms with Gasteiger partial charge in [-0.1, -0.05) is 109 Å². The number of nitrogens with one attached hydrogen (secondary N) is 4. The van der Waals surface area contributed by atoms with E-state index in [9.17, 15) is 0 Å². The molecule has 4 heteroatoms. The molecule has 4 aromatic rings. The first-order valence-electron chi connectivity index (χ1n) is 17.4. The molecule has 46 heavy (non-hydrogen) atoms. The molecular weight excluding hydrogens is 560 g/mol. The number of allylic oxidation sites excluding steroid dienone is 5. The monoisotopic (exact) mass is 606 g/mol. The third kappa shape index (κ3) is 5.64. The minimum Gasteiger partial charge on any atom is -0.382 e. The molecule has 5 unspecified atom stereocenters. The van der Waals surface area contributed by atoms with Crippen molar-refractivity contribution in [3.05, 3.63) is 154 Å². The number of rotatable bonds is 5. The van der Waals surface area contributed by atoms with Crippen LogP contribution in [0.4, 0.5) is 0 Å². The Bertz CT molecular complexity index is 1760. The Kier molecular flexibility index (Phi) is 8.11. The lowest BCUT2D eigenvalue weighted by Gasteiger charge is -2.45. The molecule has 4 aliphatic rings. The van der Waals surface area contributed by atoms with E-state index < -0.39 is 0 Å². The quantitative estimate of drug-likeness (QED) is 0.184. The second-order valence-corrected chi connectivity index (χ2v) is 13.8. The van der Waals surface area contributed by atoms with Gasteiger partial charge in [-0.05, 0) is 108 Å². The topological polar surface area (TPSA) is 48.1 Å². The molecule has 0 amide bonds. The highest BCUT2D eigenvalue weighted by Crippen LogP contribution is 2.48. The zero-order chi connectivity index (χ0) is 31.0. The molecule has 2 heterocycles. The number of aryl methyl sites for hydroxylation is 1. The van der Waals surface area contributed by atoms with Gasteiger partial charge in [0.15, 0.2) is 0 Å². The van der Waals surface area contributed by atoms with Crippen LogP contribution in [0.5, 0.6) is 0 Å². The molecule has 0 spiro atoms. The van der Waals surface area contributed by atoms with Crippen LogP contribution < -0.4 is 21.3 Å². The first-order valence-corrected chi connectivity index (χ1v) is 17.4. The highest BCUT2D eigenvalue weighted by Gasteiger charge is 2.39. The largest absolute Gasteiger partial charge is 0.382 e. The Labute approximate surface area is 274 Å². The zero-order valence-electron chi connectivity index (χ0n) is 27.1. The van der Waals surface area contributed by atoms with Crippen LogP contribution in [0.15, 0.2) is 126 Å². The van der Waals surface area contributed by atoms with E-state index in [1.807, 2.05) is 0 Å².